The molecule has 0 rings (SSSR count). The van der Waals surface area contributed by atoms with Gasteiger partial charge in [-0.05, 0) is 27.7 Å². The third-order valence-electron chi connectivity index (χ3n) is 2.23. The Kier molecular flexibility index (Phi) is 6.37. The molecule has 0 heterocycles. The highest BCUT2D eigenvalue weighted by Crippen LogP contribution is 1.95. The van der Waals surface area contributed by atoms with Crippen LogP contribution in [0, 0.1) is 0 Å². The molecule has 0 aromatic heterocycles. The van der Waals surface area contributed by atoms with Gasteiger partial charge in [-0.15, -0.1) is 0 Å². The van der Waals surface area contributed by atoms with E-state index in [1.165, 1.54) is 6.92 Å². The molecule has 92 valence electrons. The highest BCUT2D eigenvalue weighted by Gasteiger charge is 2.20. The molecule has 0 bridgehead atoms. The van der Waals surface area contributed by atoms with E-state index in [9.17, 15) is 14.4 Å². The van der Waals surface area contributed by atoms with E-state index in [0.29, 0.717) is 13.1 Å². The summed E-state index contributed by atoms with van der Waals surface area (Å²) < 4.78 is 0. The number of rotatable bonds is 6. The molecule has 2 amide bonds. The summed E-state index contributed by atoms with van der Waals surface area (Å²) in [4.78, 5) is 35.4. The first-order valence-corrected chi connectivity index (χ1v) is 5.49. The third-order valence-corrected chi connectivity index (χ3v) is 2.23. The zero-order chi connectivity index (χ0) is 12.7. The lowest BCUT2D eigenvalue weighted by molar-refractivity contribution is -0.136. The van der Waals surface area contributed by atoms with E-state index in [2.05, 4.69) is 5.32 Å². The first-order valence-electron chi connectivity index (χ1n) is 5.49. The molecule has 1 atom stereocenters. The SMILES string of the molecule is CCN(CC)C(=O)C(C)NC(=O)CC(C)=O. The van der Waals surface area contributed by atoms with Crippen molar-refractivity contribution in [3.05, 3.63) is 0 Å². The van der Waals surface area contributed by atoms with Crippen LogP contribution in [-0.2, 0) is 14.4 Å². The van der Waals surface area contributed by atoms with Crippen molar-refractivity contribution in [2.45, 2.75) is 40.2 Å². The predicted molar refractivity (Wildman–Crippen MR) is 60.8 cm³/mol. The van der Waals surface area contributed by atoms with Crippen molar-refractivity contribution in [2.75, 3.05) is 13.1 Å². The summed E-state index contributed by atoms with van der Waals surface area (Å²) in [5.41, 5.74) is 0. The second-order valence-corrected chi connectivity index (χ2v) is 3.68. The zero-order valence-electron chi connectivity index (χ0n) is 10.4. The van der Waals surface area contributed by atoms with Crippen LogP contribution in [0.2, 0.25) is 0 Å². The molecule has 16 heavy (non-hydrogen) atoms. The van der Waals surface area contributed by atoms with Crippen LogP contribution in [0.3, 0.4) is 0 Å². The lowest BCUT2D eigenvalue weighted by Gasteiger charge is -2.23. The number of nitrogens with zero attached hydrogens (tertiary/aromatic N) is 1. The van der Waals surface area contributed by atoms with Crippen LogP contribution in [-0.4, -0.2) is 41.6 Å². The number of ketones is 1. The van der Waals surface area contributed by atoms with E-state index < -0.39 is 11.9 Å². The molecule has 5 nitrogen and oxygen atoms in total. The quantitative estimate of drug-likeness (QED) is 0.667. The Morgan fingerprint density at radius 3 is 2.06 bits per heavy atom. The summed E-state index contributed by atoms with van der Waals surface area (Å²) in [7, 11) is 0. The van der Waals surface area contributed by atoms with Crippen molar-refractivity contribution in [1.82, 2.24) is 10.2 Å². The number of carbonyl (C=O) groups excluding carboxylic acids is 3. The number of hydrogen-bond acceptors (Lipinski definition) is 3. The predicted octanol–water partition coefficient (Wildman–Crippen LogP) is 0.339. The second kappa shape index (κ2) is 6.98. The van der Waals surface area contributed by atoms with Crippen LogP contribution >= 0.6 is 0 Å². The monoisotopic (exact) mass is 228 g/mol. The van der Waals surface area contributed by atoms with Crippen molar-refractivity contribution < 1.29 is 14.4 Å². The van der Waals surface area contributed by atoms with Crippen molar-refractivity contribution >= 4 is 17.6 Å². The Hall–Kier alpha value is -1.39. The minimum Gasteiger partial charge on any atom is -0.344 e. The van der Waals surface area contributed by atoms with Crippen LogP contribution < -0.4 is 5.32 Å². The lowest BCUT2D eigenvalue weighted by atomic mass is 10.2. The first-order chi connectivity index (χ1) is 7.42. The van der Waals surface area contributed by atoms with E-state index in [0.717, 1.165) is 0 Å². The topological polar surface area (TPSA) is 66.5 Å². The number of amides is 2. The van der Waals surface area contributed by atoms with Gasteiger partial charge in [0.2, 0.25) is 11.8 Å². The fraction of sp³-hybridized carbons (Fsp3) is 0.727. The smallest absolute Gasteiger partial charge is 0.244 e. The Morgan fingerprint density at radius 1 is 1.19 bits per heavy atom. The molecule has 0 aliphatic heterocycles. The maximum Gasteiger partial charge on any atom is 0.244 e. The van der Waals surface area contributed by atoms with Gasteiger partial charge < -0.3 is 10.2 Å². The Balaban J connectivity index is 4.24. The van der Waals surface area contributed by atoms with E-state index >= 15 is 0 Å². The Morgan fingerprint density at radius 2 is 1.69 bits per heavy atom. The van der Waals surface area contributed by atoms with Gasteiger partial charge in [-0.1, -0.05) is 0 Å². The molecule has 0 aliphatic carbocycles. The molecular weight excluding hydrogens is 208 g/mol. The van der Waals surface area contributed by atoms with Crippen LogP contribution in [0.4, 0.5) is 0 Å². The van der Waals surface area contributed by atoms with E-state index in [4.69, 9.17) is 0 Å². The minimum atomic E-state index is -0.577. The van der Waals surface area contributed by atoms with Gasteiger partial charge in [0.15, 0.2) is 0 Å². The van der Waals surface area contributed by atoms with Gasteiger partial charge >= 0.3 is 0 Å². The van der Waals surface area contributed by atoms with Crippen LogP contribution in [0.25, 0.3) is 0 Å². The van der Waals surface area contributed by atoms with Crippen LogP contribution in [0.5, 0.6) is 0 Å². The van der Waals surface area contributed by atoms with Crippen molar-refractivity contribution in [1.29, 1.82) is 0 Å². The summed E-state index contributed by atoms with van der Waals surface area (Å²) in [6, 6.07) is -0.577. The average molecular weight is 228 g/mol. The second-order valence-electron chi connectivity index (χ2n) is 3.68. The summed E-state index contributed by atoms with van der Waals surface area (Å²) in [5.74, 6) is -0.734. The molecule has 0 aromatic carbocycles. The largest absolute Gasteiger partial charge is 0.344 e. The lowest BCUT2D eigenvalue weighted by Crippen LogP contribution is -2.47. The van der Waals surface area contributed by atoms with Gasteiger partial charge in [-0.2, -0.15) is 0 Å². The van der Waals surface area contributed by atoms with Gasteiger partial charge in [0.25, 0.3) is 0 Å². The fourth-order valence-electron chi connectivity index (χ4n) is 1.39. The van der Waals surface area contributed by atoms with E-state index in [1.807, 2.05) is 13.8 Å². The molecule has 0 saturated heterocycles. The third kappa shape index (κ3) is 4.91. The summed E-state index contributed by atoms with van der Waals surface area (Å²) >= 11 is 0. The van der Waals surface area contributed by atoms with Gasteiger partial charge in [0, 0.05) is 13.1 Å². The number of likely N-dealkylation sites (N-methyl/N-ethyl adjacent to an activating group) is 1. The van der Waals surface area contributed by atoms with Gasteiger partial charge in [0.1, 0.15) is 11.8 Å². The number of Topliss-reactive ketones (excluding diaryl/α,β-unsaturated/α-hetero) is 1. The maximum absolute atomic E-state index is 11.8. The molecule has 1 N–H and O–H groups in total. The normalized spacial score (nSPS) is 11.8. The molecule has 0 radical (unpaired) electrons. The first kappa shape index (κ1) is 14.6. The van der Waals surface area contributed by atoms with Gasteiger partial charge in [0.05, 0.1) is 6.42 Å². The van der Waals surface area contributed by atoms with Crippen molar-refractivity contribution in [3.8, 4) is 0 Å². The number of carbonyl (C=O) groups is 3. The molecule has 0 aliphatic rings. The Labute approximate surface area is 96.2 Å². The molecule has 0 aromatic rings. The van der Waals surface area contributed by atoms with E-state index in [1.54, 1.807) is 11.8 Å². The highest BCUT2D eigenvalue weighted by molar-refractivity contribution is 5.98. The molecule has 0 spiro atoms. The average Bonchev–Trinajstić information content (AvgIpc) is 2.17. The molecular formula is C11H20N2O3. The maximum atomic E-state index is 11.8. The number of nitrogens with one attached hydrogen (secondary N) is 1. The summed E-state index contributed by atoms with van der Waals surface area (Å²) in [6.45, 7) is 7.96. The molecule has 0 saturated carbocycles. The number of hydrogen-bond donors (Lipinski definition) is 1. The fourth-order valence-corrected chi connectivity index (χ4v) is 1.39. The molecule has 5 heteroatoms. The van der Waals surface area contributed by atoms with Crippen LogP contribution in [0.15, 0.2) is 0 Å². The summed E-state index contributed by atoms with van der Waals surface area (Å²) in [6.07, 6.45) is -0.171. The zero-order valence-corrected chi connectivity index (χ0v) is 10.4. The standard InChI is InChI=1S/C11H20N2O3/c1-5-13(6-2)11(16)9(4)12-10(15)7-8(3)14/h9H,5-7H2,1-4H3,(H,12,15). The van der Waals surface area contributed by atoms with Gasteiger partial charge in [-0.3, -0.25) is 14.4 Å². The van der Waals surface area contributed by atoms with Gasteiger partial charge in [-0.25, -0.2) is 0 Å². The van der Waals surface area contributed by atoms with Crippen molar-refractivity contribution in [2.24, 2.45) is 0 Å². The van der Waals surface area contributed by atoms with Crippen LogP contribution in [0.1, 0.15) is 34.1 Å². The van der Waals surface area contributed by atoms with Crippen molar-refractivity contribution in [3.63, 3.8) is 0 Å². The minimum absolute atomic E-state index is 0.123. The van der Waals surface area contributed by atoms with E-state index in [-0.39, 0.29) is 18.1 Å². The highest BCUT2D eigenvalue weighted by atomic mass is 16.2. The molecule has 0 fully saturated rings. The summed E-state index contributed by atoms with van der Waals surface area (Å²) in [5, 5.41) is 2.51. The Bertz CT molecular complexity index is 272. The molecule has 1 unspecified atom stereocenters.